The highest BCUT2D eigenvalue weighted by molar-refractivity contribution is 6.45. The van der Waals surface area contributed by atoms with Crippen molar-refractivity contribution in [1.82, 2.24) is 0 Å². The molecule has 74 valence electrons. The minimum Gasteiger partial charge on any atom is -0.411 e. The number of Topliss-reactive ketones (excluding diaryl/α,β-unsaturated/α-hetero) is 1. The molecular weight excluding hydrogens is 202 g/mol. The normalized spacial score (nSPS) is 11.4. The molecule has 0 aromatic heterocycles. The van der Waals surface area contributed by atoms with Crippen molar-refractivity contribution in [2.24, 2.45) is 5.16 Å². The Morgan fingerprint density at radius 3 is 2.43 bits per heavy atom. The molecule has 1 N–H and O–H groups in total. The smallest absolute Gasteiger partial charge is 0.210 e. The quantitative estimate of drug-likeness (QED) is 0.362. The fourth-order valence-corrected chi connectivity index (χ4v) is 1.17. The number of halogens is 1. The molecule has 0 fully saturated rings. The van der Waals surface area contributed by atoms with E-state index in [0.29, 0.717) is 17.0 Å². The molecule has 0 saturated carbocycles. The van der Waals surface area contributed by atoms with Crippen molar-refractivity contribution in [3.8, 4) is 0 Å². The molecule has 0 radical (unpaired) electrons. The fraction of sp³-hybridized carbons (Fsp3) is 0.200. The lowest BCUT2D eigenvalue weighted by atomic mass is 10.1. The molecule has 1 aromatic rings. The van der Waals surface area contributed by atoms with Crippen LogP contribution < -0.4 is 0 Å². The van der Waals surface area contributed by atoms with Crippen LogP contribution in [0.3, 0.4) is 0 Å². The van der Waals surface area contributed by atoms with Gasteiger partial charge < -0.3 is 5.21 Å². The minimum absolute atomic E-state index is 0.146. The summed E-state index contributed by atoms with van der Waals surface area (Å²) in [5.74, 6) is -0.272. The zero-order valence-corrected chi connectivity index (χ0v) is 8.45. The largest absolute Gasteiger partial charge is 0.411 e. The Labute approximate surface area is 87.0 Å². The average Bonchev–Trinajstić information content (AvgIpc) is 2.20. The molecule has 14 heavy (non-hydrogen) atoms. The van der Waals surface area contributed by atoms with Crippen molar-refractivity contribution in [2.45, 2.75) is 13.3 Å². The average molecular weight is 212 g/mol. The van der Waals surface area contributed by atoms with Crippen molar-refractivity contribution >= 4 is 23.1 Å². The van der Waals surface area contributed by atoms with Crippen LogP contribution in [-0.2, 0) is 0 Å². The minimum atomic E-state index is -0.272. The van der Waals surface area contributed by atoms with Crippen LogP contribution in [0.4, 0.5) is 0 Å². The van der Waals surface area contributed by atoms with Gasteiger partial charge in [-0.05, 0) is 30.7 Å². The van der Waals surface area contributed by atoms with Gasteiger partial charge in [-0.15, -0.1) is 0 Å². The zero-order chi connectivity index (χ0) is 10.6. The van der Waals surface area contributed by atoms with Gasteiger partial charge in [-0.25, -0.2) is 0 Å². The Kier molecular flexibility index (Phi) is 3.65. The highest BCUT2D eigenvalue weighted by Crippen LogP contribution is 2.11. The molecule has 0 aliphatic heterocycles. The SMILES string of the molecule is CC/C(=N\O)C(=O)c1ccc(Cl)cc1. The Morgan fingerprint density at radius 1 is 1.43 bits per heavy atom. The number of oxime groups is 1. The Bertz CT molecular complexity index is 357. The predicted molar refractivity (Wildman–Crippen MR) is 55.3 cm³/mol. The second-order valence-corrected chi connectivity index (χ2v) is 3.17. The standard InChI is InChI=1S/C10H10ClNO2/c1-2-9(12-14)10(13)7-3-5-8(11)6-4-7/h3-6,14H,2H2,1H3/b12-9+. The van der Waals surface area contributed by atoms with Crippen LogP contribution in [0.1, 0.15) is 23.7 Å². The van der Waals surface area contributed by atoms with Gasteiger partial charge in [-0.3, -0.25) is 4.79 Å². The van der Waals surface area contributed by atoms with Crippen LogP contribution in [-0.4, -0.2) is 16.7 Å². The molecule has 0 aliphatic carbocycles. The second-order valence-electron chi connectivity index (χ2n) is 2.74. The van der Waals surface area contributed by atoms with Gasteiger partial charge in [0.15, 0.2) is 0 Å². The summed E-state index contributed by atoms with van der Waals surface area (Å²) >= 11 is 5.67. The Morgan fingerprint density at radius 2 is 2.00 bits per heavy atom. The lowest BCUT2D eigenvalue weighted by molar-refractivity contribution is 0.106. The summed E-state index contributed by atoms with van der Waals surface area (Å²) in [4.78, 5) is 11.6. The number of hydrogen-bond donors (Lipinski definition) is 1. The van der Waals surface area contributed by atoms with E-state index in [9.17, 15) is 4.79 Å². The molecule has 0 unspecified atom stereocenters. The first-order valence-electron chi connectivity index (χ1n) is 4.20. The van der Waals surface area contributed by atoms with E-state index in [2.05, 4.69) is 5.16 Å². The van der Waals surface area contributed by atoms with Crippen molar-refractivity contribution in [3.63, 3.8) is 0 Å². The Balaban J connectivity index is 2.95. The van der Waals surface area contributed by atoms with Crippen LogP contribution in [0.25, 0.3) is 0 Å². The molecule has 0 aliphatic rings. The highest BCUT2D eigenvalue weighted by Gasteiger charge is 2.12. The Hall–Kier alpha value is -1.35. The van der Waals surface area contributed by atoms with E-state index >= 15 is 0 Å². The van der Waals surface area contributed by atoms with Crippen LogP contribution >= 0.6 is 11.6 Å². The fourth-order valence-electron chi connectivity index (χ4n) is 1.04. The van der Waals surface area contributed by atoms with E-state index in [1.807, 2.05) is 0 Å². The molecule has 1 aromatic carbocycles. The van der Waals surface area contributed by atoms with Crippen molar-refractivity contribution in [1.29, 1.82) is 0 Å². The summed E-state index contributed by atoms with van der Waals surface area (Å²) in [6.07, 6.45) is 0.401. The topological polar surface area (TPSA) is 49.7 Å². The third kappa shape index (κ3) is 2.33. The molecule has 4 heteroatoms. The van der Waals surface area contributed by atoms with E-state index in [4.69, 9.17) is 16.8 Å². The second kappa shape index (κ2) is 4.77. The number of hydrogen-bond acceptors (Lipinski definition) is 3. The van der Waals surface area contributed by atoms with Gasteiger partial charge >= 0.3 is 0 Å². The summed E-state index contributed by atoms with van der Waals surface area (Å²) in [6, 6.07) is 6.45. The summed E-state index contributed by atoms with van der Waals surface area (Å²) < 4.78 is 0. The lowest BCUT2D eigenvalue weighted by Gasteiger charge is -2.00. The predicted octanol–water partition coefficient (Wildman–Crippen LogP) is 2.76. The summed E-state index contributed by atoms with van der Waals surface area (Å²) in [7, 11) is 0. The number of carbonyl (C=O) groups excluding carboxylic acids is 1. The highest BCUT2D eigenvalue weighted by atomic mass is 35.5. The number of benzene rings is 1. The van der Waals surface area contributed by atoms with E-state index < -0.39 is 0 Å². The molecule has 0 spiro atoms. The lowest BCUT2D eigenvalue weighted by Crippen LogP contribution is -2.13. The van der Waals surface area contributed by atoms with E-state index in [1.165, 1.54) is 0 Å². The van der Waals surface area contributed by atoms with Crippen LogP contribution in [0.15, 0.2) is 29.4 Å². The maximum absolute atomic E-state index is 11.6. The maximum Gasteiger partial charge on any atom is 0.210 e. The van der Waals surface area contributed by atoms with Gasteiger partial charge in [0.25, 0.3) is 0 Å². The van der Waals surface area contributed by atoms with Crippen molar-refractivity contribution < 1.29 is 10.0 Å². The molecule has 0 heterocycles. The number of carbonyl (C=O) groups is 1. The molecule has 1 rings (SSSR count). The van der Waals surface area contributed by atoms with Gasteiger partial charge in [0, 0.05) is 10.6 Å². The van der Waals surface area contributed by atoms with E-state index in [0.717, 1.165) is 0 Å². The molecule has 3 nitrogen and oxygen atoms in total. The number of rotatable bonds is 3. The third-order valence-electron chi connectivity index (χ3n) is 1.82. The summed E-state index contributed by atoms with van der Waals surface area (Å²) in [5.41, 5.74) is 0.622. The first kappa shape index (κ1) is 10.7. The third-order valence-corrected chi connectivity index (χ3v) is 2.08. The first-order valence-corrected chi connectivity index (χ1v) is 4.58. The molecule has 0 atom stereocenters. The van der Waals surface area contributed by atoms with E-state index in [-0.39, 0.29) is 11.5 Å². The van der Waals surface area contributed by atoms with Crippen LogP contribution in [0.5, 0.6) is 0 Å². The summed E-state index contributed by atoms with van der Waals surface area (Å²) in [5, 5.41) is 12.1. The molecular formula is C10H10ClNO2. The summed E-state index contributed by atoms with van der Waals surface area (Å²) in [6.45, 7) is 1.75. The molecule has 0 bridgehead atoms. The van der Waals surface area contributed by atoms with Crippen LogP contribution in [0, 0.1) is 0 Å². The van der Waals surface area contributed by atoms with Gasteiger partial charge in [-0.1, -0.05) is 23.7 Å². The number of ketones is 1. The van der Waals surface area contributed by atoms with E-state index in [1.54, 1.807) is 31.2 Å². The molecule has 0 saturated heterocycles. The first-order chi connectivity index (χ1) is 6.69. The zero-order valence-electron chi connectivity index (χ0n) is 7.70. The maximum atomic E-state index is 11.6. The van der Waals surface area contributed by atoms with Gasteiger partial charge in [0.1, 0.15) is 5.71 Å². The molecule has 0 amide bonds. The van der Waals surface area contributed by atoms with Gasteiger partial charge in [0.2, 0.25) is 5.78 Å². The van der Waals surface area contributed by atoms with Crippen molar-refractivity contribution in [2.75, 3.05) is 0 Å². The van der Waals surface area contributed by atoms with Crippen LogP contribution in [0.2, 0.25) is 5.02 Å². The van der Waals surface area contributed by atoms with Crippen molar-refractivity contribution in [3.05, 3.63) is 34.9 Å². The number of nitrogens with zero attached hydrogens (tertiary/aromatic N) is 1. The monoisotopic (exact) mass is 211 g/mol. The van der Waals surface area contributed by atoms with Gasteiger partial charge in [-0.2, -0.15) is 0 Å². The van der Waals surface area contributed by atoms with Gasteiger partial charge in [0.05, 0.1) is 0 Å².